The highest BCUT2D eigenvalue weighted by Gasteiger charge is 2.12. The molecule has 0 fully saturated rings. The first-order valence-corrected chi connectivity index (χ1v) is 6.74. The minimum Gasteiger partial charge on any atom is -0.494 e. The third-order valence-corrected chi connectivity index (χ3v) is 3.61. The van der Waals surface area contributed by atoms with Gasteiger partial charge in [0.25, 0.3) is 0 Å². The number of ether oxygens (including phenoxy) is 1. The van der Waals surface area contributed by atoms with Gasteiger partial charge in [-0.2, -0.15) is 0 Å². The summed E-state index contributed by atoms with van der Waals surface area (Å²) in [5.74, 6) is 0.734. The quantitative estimate of drug-likeness (QED) is 0.804. The van der Waals surface area contributed by atoms with Gasteiger partial charge in [-0.05, 0) is 31.9 Å². The third kappa shape index (κ3) is 2.85. The molecule has 1 aromatic carbocycles. The van der Waals surface area contributed by atoms with Crippen molar-refractivity contribution in [2.45, 2.75) is 20.3 Å². The molecule has 1 aromatic heterocycles. The highest BCUT2D eigenvalue weighted by Crippen LogP contribution is 2.33. The van der Waals surface area contributed by atoms with Crippen molar-refractivity contribution >= 4 is 34.1 Å². The van der Waals surface area contributed by atoms with Crippen LogP contribution in [0.15, 0.2) is 29.3 Å². The van der Waals surface area contributed by atoms with Gasteiger partial charge in [-0.25, -0.2) is 4.98 Å². The van der Waals surface area contributed by atoms with Crippen molar-refractivity contribution < 1.29 is 4.74 Å². The Labute approximate surface area is 123 Å². The zero-order valence-corrected chi connectivity index (χ0v) is 12.6. The van der Waals surface area contributed by atoms with Crippen molar-refractivity contribution in [3.05, 3.63) is 45.6 Å². The van der Waals surface area contributed by atoms with E-state index < -0.39 is 0 Å². The van der Waals surface area contributed by atoms with Gasteiger partial charge < -0.3 is 4.74 Å². The third-order valence-electron chi connectivity index (χ3n) is 3.02. The second-order valence-corrected chi connectivity index (χ2v) is 5.32. The van der Waals surface area contributed by atoms with Crippen molar-refractivity contribution in [2.24, 2.45) is 0 Å². The molecular formula is C15H15Cl2NO. The van der Waals surface area contributed by atoms with Crippen LogP contribution in [0.4, 0.5) is 0 Å². The van der Waals surface area contributed by atoms with Gasteiger partial charge >= 0.3 is 0 Å². The summed E-state index contributed by atoms with van der Waals surface area (Å²) in [6, 6.07) is 5.75. The highest BCUT2D eigenvalue weighted by atomic mass is 35.5. The number of pyridine rings is 1. The number of aryl methyl sites for hydroxylation is 1. The van der Waals surface area contributed by atoms with E-state index in [1.165, 1.54) is 0 Å². The summed E-state index contributed by atoms with van der Waals surface area (Å²) < 4.78 is 5.32. The zero-order chi connectivity index (χ0) is 14.0. The smallest absolute Gasteiger partial charge is 0.145 e. The van der Waals surface area contributed by atoms with E-state index in [-0.39, 0.29) is 0 Å². The highest BCUT2D eigenvalue weighted by molar-refractivity contribution is 6.36. The first-order valence-electron chi connectivity index (χ1n) is 5.98. The van der Waals surface area contributed by atoms with Gasteiger partial charge in [0, 0.05) is 16.1 Å². The molecular weight excluding hydrogens is 281 g/mol. The maximum absolute atomic E-state index is 6.49. The van der Waals surface area contributed by atoms with E-state index >= 15 is 0 Å². The Morgan fingerprint density at radius 1 is 1.42 bits per heavy atom. The number of aromatic nitrogens is 1. The average molecular weight is 296 g/mol. The Morgan fingerprint density at radius 2 is 2.16 bits per heavy atom. The number of methoxy groups -OCH3 is 1. The van der Waals surface area contributed by atoms with Crippen molar-refractivity contribution in [2.75, 3.05) is 7.11 Å². The minimum atomic E-state index is 0.681. The van der Waals surface area contributed by atoms with Crippen LogP contribution >= 0.6 is 23.2 Å². The fourth-order valence-electron chi connectivity index (χ4n) is 2.02. The Hall–Kier alpha value is -1.25. The molecule has 1 heterocycles. The Balaban J connectivity index is 2.66. The number of hydrogen-bond donors (Lipinski definition) is 0. The van der Waals surface area contributed by atoms with Crippen molar-refractivity contribution in [3.8, 4) is 5.75 Å². The first kappa shape index (κ1) is 14.2. The Morgan fingerprint density at radius 3 is 2.79 bits per heavy atom. The van der Waals surface area contributed by atoms with Gasteiger partial charge in [0.2, 0.25) is 0 Å². The molecule has 2 nitrogen and oxygen atoms in total. The van der Waals surface area contributed by atoms with Gasteiger partial charge in [-0.1, -0.05) is 41.4 Å². The standard InChI is InChI=1S/C15H15Cl2NO/c1-9(16)7-8-11-10(2)18-15-12(14(11)17)5-4-6-13(15)19-3/h4-7H,8H2,1-3H3. The normalized spacial score (nSPS) is 11.9. The summed E-state index contributed by atoms with van der Waals surface area (Å²) in [6.45, 7) is 3.80. The lowest BCUT2D eigenvalue weighted by molar-refractivity contribution is 0.419. The fourth-order valence-corrected chi connectivity index (χ4v) is 2.46. The van der Waals surface area contributed by atoms with Gasteiger partial charge in [-0.3, -0.25) is 0 Å². The largest absolute Gasteiger partial charge is 0.494 e. The lowest BCUT2D eigenvalue weighted by Gasteiger charge is -2.11. The molecule has 0 aliphatic carbocycles. The van der Waals surface area contributed by atoms with Crippen LogP contribution in [0.1, 0.15) is 18.2 Å². The number of nitrogens with zero attached hydrogens (tertiary/aromatic N) is 1. The van der Waals surface area contributed by atoms with Crippen LogP contribution in [-0.4, -0.2) is 12.1 Å². The SMILES string of the molecule is COc1cccc2c(Cl)c(CC=C(C)Cl)c(C)nc12. The topological polar surface area (TPSA) is 22.1 Å². The number of halogens is 2. The molecule has 100 valence electrons. The zero-order valence-electron chi connectivity index (χ0n) is 11.1. The maximum Gasteiger partial charge on any atom is 0.145 e. The first-order chi connectivity index (χ1) is 9.04. The van der Waals surface area contributed by atoms with Crippen LogP contribution in [0.25, 0.3) is 10.9 Å². The van der Waals surface area contributed by atoms with E-state index in [0.29, 0.717) is 6.42 Å². The molecule has 2 aromatic rings. The summed E-state index contributed by atoms with van der Waals surface area (Å²) in [4.78, 5) is 4.60. The predicted molar refractivity (Wildman–Crippen MR) is 81.4 cm³/mol. The van der Waals surface area contributed by atoms with E-state index in [4.69, 9.17) is 27.9 Å². The molecule has 0 saturated carbocycles. The molecule has 0 amide bonds. The number of hydrogen-bond acceptors (Lipinski definition) is 2. The summed E-state index contributed by atoms with van der Waals surface area (Å²) >= 11 is 12.4. The molecule has 0 unspecified atom stereocenters. The van der Waals surface area contributed by atoms with Crippen LogP contribution < -0.4 is 4.74 Å². The lowest BCUT2D eigenvalue weighted by atomic mass is 10.1. The predicted octanol–water partition coefficient (Wildman–Crippen LogP) is 4.89. The van der Waals surface area contributed by atoms with E-state index in [0.717, 1.165) is 38.0 Å². The second kappa shape index (κ2) is 5.81. The van der Waals surface area contributed by atoms with Gasteiger partial charge in [0.15, 0.2) is 0 Å². The molecule has 4 heteroatoms. The Bertz CT molecular complexity index is 646. The van der Waals surface area contributed by atoms with Crippen molar-refractivity contribution in [3.63, 3.8) is 0 Å². The lowest BCUT2D eigenvalue weighted by Crippen LogP contribution is -1.97. The Kier molecular flexibility index (Phi) is 4.33. The van der Waals surface area contributed by atoms with Crippen LogP contribution in [0.5, 0.6) is 5.75 Å². The summed E-state index contributed by atoms with van der Waals surface area (Å²) in [7, 11) is 1.63. The molecule has 2 rings (SSSR count). The number of benzene rings is 1. The monoisotopic (exact) mass is 295 g/mol. The number of rotatable bonds is 3. The molecule has 0 radical (unpaired) electrons. The maximum atomic E-state index is 6.49. The number of fused-ring (bicyclic) bond motifs is 1. The van der Waals surface area contributed by atoms with Crippen molar-refractivity contribution in [1.82, 2.24) is 4.98 Å². The van der Waals surface area contributed by atoms with E-state index in [1.54, 1.807) is 7.11 Å². The van der Waals surface area contributed by atoms with Crippen LogP contribution in [0.3, 0.4) is 0 Å². The molecule has 0 saturated heterocycles. The fraction of sp³-hybridized carbons (Fsp3) is 0.267. The molecule has 19 heavy (non-hydrogen) atoms. The van der Waals surface area contributed by atoms with Crippen LogP contribution in [-0.2, 0) is 6.42 Å². The second-order valence-electron chi connectivity index (χ2n) is 4.34. The van der Waals surface area contributed by atoms with E-state index in [2.05, 4.69) is 4.98 Å². The summed E-state index contributed by atoms with van der Waals surface area (Å²) in [6.07, 6.45) is 2.61. The van der Waals surface area contributed by atoms with Gasteiger partial charge in [0.1, 0.15) is 11.3 Å². The minimum absolute atomic E-state index is 0.681. The molecule has 0 spiro atoms. The average Bonchev–Trinajstić information content (AvgIpc) is 2.37. The molecule has 0 N–H and O–H groups in total. The van der Waals surface area contributed by atoms with E-state index in [9.17, 15) is 0 Å². The van der Waals surface area contributed by atoms with Crippen LogP contribution in [0.2, 0.25) is 5.02 Å². The molecule has 0 bridgehead atoms. The van der Waals surface area contributed by atoms with Gasteiger partial charge in [0.05, 0.1) is 12.1 Å². The number of para-hydroxylation sites is 1. The molecule has 0 aliphatic rings. The van der Waals surface area contributed by atoms with Crippen LogP contribution in [0, 0.1) is 6.92 Å². The molecule has 0 aliphatic heterocycles. The van der Waals surface area contributed by atoms with E-state index in [1.807, 2.05) is 38.1 Å². The van der Waals surface area contributed by atoms with Crippen molar-refractivity contribution in [1.29, 1.82) is 0 Å². The summed E-state index contributed by atoms with van der Waals surface area (Å²) in [5.41, 5.74) is 2.70. The van der Waals surface area contributed by atoms with Gasteiger partial charge in [-0.15, -0.1) is 0 Å². The molecule has 0 atom stereocenters. The number of allylic oxidation sites excluding steroid dienone is 2. The summed E-state index contributed by atoms with van der Waals surface area (Å²) in [5, 5.41) is 2.37.